The minimum atomic E-state index is -0.986. The van der Waals surface area contributed by atoms with Crippen molar-refractivity contribution in [3.05, 3.63) is 65.0 Å². The van der Waals surface area contributed by atoms with Gasteiger partial charge in [0.25, 0.3) is 11.1 Å². The molecule has 0 aliphatic heterocycles. The van der Waals surface area contributed by atoms with Crippen molar-refractivity contribution in [2.75, 3.05) is 0 Å². The third-order valence-electron chi connectivity index (χ3n) is 4.01. The molecular weight excluding hydrogens is 425 g/mol. The van der Waals surface area contributed by atoms with Crippen LogP contribution >= 0.6 is 23.2 Å². The number of aryl methyl sites for hydroxylation is 1. The van der Waals surface area contributed by atoms with Crippen molar-refractivity contribution in [2.24, 2.45) is 7.05 Å². The fourth-order valence-corrected chi connectivity index (χ4v) is 3.05. The van der Waals surface area contributed by atoms with E-state index < -0.39 is 22.9 Å². The summed E-state index contributed by atoms with van der Waals surface area (Å²) in [6, 6.07) is 4.06. The predicted molar refractivity (Wildman–Crippen MR) is 106 cm³/mol. The van der Waals surface area contributed by atoms with Crippen molar-refractivity contribution in [1.82, 2.24) is 25.0 Å². The number of rotatable bonds is 5. The van der Waals surface area contributed by atoms with Gasteiger partial charge in [-0.2, -0.15) is 5.10 Å². The largest absolute Gasteiger partial charge is 0.434 e. The number of nitrogens with zero attached hydrogens (tertiary/aromatic N) is 3. The van der Waals surface area contributed by atoms with Crippen LogP contribution in [0.2, 0.25) is 10.0 Å². The summed E-state index contributed by atoms with van der Waals surface area (Å²) >= 11 is 12.5. The van der Waals surface area contributed by atoms with Gasteiger partial charge < -0.3 is 9.84 Å². The Morgan fingerprint density at radius 2 is 1.83 bits per heavy atom. The van der Waals surface area contributed by atoms with E-state index in [1.165, 1.54) is 25.2 Å². The minimum Gasteiger partial charge on any atom is -0.434 e. The van der Waals surface area contributed by atoms with E-state index in [4.69, 9.17) is 27.9 Å². The van der Waals surface area contributed by atoms with E-state index in [1.54, 1.807) is 6.92 Å². The average Bonchev–Trinajstić information content (AvgIpc) is 2.68. The molecule has 3 rings (SSSR count). The first-order chi connectivity index (χ1) is 13.7. The minimum absolute atomic E-state index is 0.0230. The van der Waals surface area contributed by atoms with Crippen LogP contribution in [0.1, 0.15) is 25.0 Å². The molecule has 0 saturated heterocycles. The van der Waals surface area contributed by atoms with Gasteiger partial charge in [-0.25, -0.2) is 14.6 Å². The maximum atomic E-state index is 12.0. The molecule has 1 aromatic carbocycles. The molecule has 1 atom stereocenters. The van der Waals surface area contributed by atoms with Crippen LogP contribution in [-0.2, 0) is 7.05 Å². The second kappa shape index (κ2) is 8.19. The summed E-state index contributed by atoms with van der Waals surface area (Å²) in [6.07, 6.45) is -0.663. The van der Waals surface area contributed by atoms with Crippen LogP contribution in [0.3, 0.4) is 0 Å². The lowest BCUT2D eigenvalue weighted by atomic mass is 10.1. The van der Waals surface area contributed by atoms with E-state index in [1.807, 2.05) is 0 Å². The third-order valence-corrected chi connectivity index (χ3v) is 4.57. The monoisotopic (exact) mass is 439 g/mol. The second-order valence-electron chi connectivity index (χ2n) is 6.02. The maximum Gasteiger partial charge on any atom is 0.344 e. The lowest BCUT2D eigenvalue weighted by Crippen LogP contribution is -2.31. The topological polar surface area (TPSA) is 143 Å². The molecule has 0 aliphatic rings. The molecule has 0 radical (unpaired) electrons. The summed E-state index contributed by atoms with van der Waals surface area (Å²) < 4.78 is 6.54. The number of aliphatic hydroxyl groups excluding tert-OH is 1. The van der Waals surface area contributed by atoms with Gasteiger partial charge in [-0.1, -0.05) is 30.1 Å². The molecule has 2 aromatic heterocycles. The van der Waals surface area contributed by atoms with Gasteiger partial charge in [-0.3, -0.25) is 14.6 Å². The molecule has 0 fully saturated rings. The highest BCUT2D eigenvalue weighted by atomic mass is 35.5. The summed E-state index contributed by atoms with van der Waals surface area (Å²) in [5, 5.41) is 19.9. The number of aromatic amines is 2. The number of aromatic nitrogens is 5. The van der Waals surface area contributed by atoms with Crippen LogP contribution < -0.4 is 21.5 Å². The Morgan fingerprint density at radius 1 is 1.17 bits per heavy atom. The molecule has 10 nitrogen and oxygen atoms in total. The van der Waals surface area contributed by atoms with Gasteiger partial charge >= 0.3 is 5.69 Å². The van der Waals surface area contributed by atoms with Crippen molar-refractivity contribution in [3.8, 4) is 22.9 Å². The van der Waals surface area contributed by atoms with Gasteiger partial charge in [-0.15, -0.1) is 5.10 Å². The van der Waals surface area contributed by atoms with E-state index in [-0.39, 0.29) is 38.5 Å². The zero-order chi connectivity index (χ0) is 21.3. The second-order valence-corrected chi connectivity index (χ2v) is 6.83. The molecule has 152 valence electrons. The van der Waals surface area contributed by atoms with E-state index in [2.05, 4.69) is 20.3 Å². The van der Waals surface area contributed by atoms with Gasteiger partial charge in [0.2, 0.25) is 5.88 Å². The lowest BCUT2D eigenvalue weighted by Gasteiger charge is -2.12. The molecular formula is C17H15Cl2N5O5. The van der Waals surface area contributed by atoms with E-state index in [0.717, 1.165) is 4.68 Å². The van der Waals surface area contributed by atoms with Crippen molar-refractivity contribution in [2.45, 2.75) is 19.4 Å². The Hall–Kier alpha value is -2.95. The molecule has 3 N–H and O–H groups in total. The van der Waals surface area contributed by atoms with Gasteiger partial charge in [0, 0.05) is 18.7 Å². The average molecular weight is 440 g/mol. The number of ether oxygens (including phenoxy) is 1. The van der Waals surface area contributed by atoms with Crippen molar-refractivity contribution in [1.29, 1.82) is 0 Å². The molecule has 0 amide bonds. The summed E-state index contributed by atoms with van der Waals surface area (Å²) in [7, 11) is 1.38. The van der Waals surface area contributed by atoms with Crippen LogP contribution in [0.5, 0.6) is 11.6 Å². The lowest BCUT2D eigenvalue weighted by molar-refractivity contribution is 0.171. The first-order valence-corrected chi connectivity index (χ1v) is 9.09. The number of aliphatic hydroxyl groups is 1. The van der Waals surface area contributed by atoms with Crippen LogP contribution in [0.25, 0.3) is 11.3 Å². The zero-order valence-corrected chi connectivity index (χ0v) is 16.7. The van der Waals surface area contributed by atoms with E-state index >= 15 is 0 Å². The van der Waals surface area contributed by atoms with Gasteiger partial charge in [-0.05, 0) is 18.6 Å². The van der Waals surface area contributed by atoms with Crippen LogP contribution in [0.15, 0.2) is 32.6 Å². The van der Waals surface area contributed by atoms with Crippen LogP contribution in [0, 0.1) is 0 Å². The van der Waals surface area contributed by atoms with E-state index in [9.17, 15) is 19.5 Å². The molecule has 29 heavy (non-hydrogen) atoms. The fourth-order valence-electron chi connectivity index (χ4n) is 2.49. The first kappa shape index (κ1) is 20.8. The maximum absolute atomic E-state index is 12.0. The van der Waals surface area contributed by atoms with Gasteiger partial charge in [0.1, 0.15) is 0 Å². The summed E-state index contributed by atoms with van der Waals surface area (Å²) in [5.74, 6) is -0.0171. The normalized spacial score (nSPS) is 12.0. The Balaban J connectivity index is 2.02. The summed E-state index contributed by atoms with van der Waals surface area (Å²) in [6.45, 7) is 1.71. The quantitative estimate of drug-likeness (QED) is 0.549. The van der Waals surface area contributed by atoms with Crippen LogP contribution in [0.4, 0.5) is 0 Å². The fraction of sp³-hybridized carbons (Fsp3) is 0.235. The molecule has 2 heterocycles. The molecule has 0 saturated carbocycles. The number of nitrogens with one attached hydrogen (secondary N) is 2. The predicted octanol–water partition coefficient (Wildman–Crippen LogP) is 1.76. The number of H-pyrrole nitrogens is 2. The van der Waals surface area contributed by atoms with Crippen molar-refractivity contribution >= 4 is 23.2 Å². The number of hydrogen-bond acceptors (Lipinski definition) is 7. The highest BCUT2D eigenvalue weighted by Crippen LogP contribution is 2.38. The highest BCUT2D eigenvalue weighted by molar-refractivity contribution is 6.37. The van der Waals surface area contributed by atoms with Crippen molar-refractivity contribution < 1.29 is 9.84 Å². The number of hydrogen-bond donors (Lipinski definition) is 3. The zero-order valence-electron chi connectivity index (χ0n) is 15.2. The first-order valence-electron chi connectivity index (χ1n) is 8.33. The number of halogens is 2. The standard InChI is InChI=1S/C17H15Cl2N5O5/c1-3-11(25)8-6-12(21-22-15(8)26)29-14-9(18)4-7(5-10(14)19)13-16(27)20-17(28)24(2)23-13/h4-6,11,25H,3H2,1-2H3,(H,22,26)(H,20,27,28). The summed E-state index contributed by atoms with van der Waals surface area (Å²) in [4.78, 5) is 37.4. The molecule has 3 aromatic rings. The van der Waals surface area contributed by atoms with Gasteiger partial charge in [0.15, 0.2) is 11.4 Å². The molecule has 12 heteroatoms. The SMILES string of the molecule is CCC(O)c1cc(Oc2c(Cl)cc(-c3nn(C)c(=O)[nH]c3=O)cc2Cl)n[nH]c1=O. The Bertz CT molecular complexity index is 1230. The Kier molecular flexibility index (Phi) is 5.87. The molecule has 1 unspecified atom stereocenters. The van der Waals surface area contributed by atoms with Crippen LogP contribution in [-0.4, -0.2) is 30.1 Å². The molecule has 0 spiro atoms. The third kappa shape index (κ3) is 4.24. The Labute approximate surface area is 172 Å². The highest BCUT2D eigenvalue weighted by Gasteiger charge is 2.18. The van der Waals surface area contributed by atoms with Crippen molar-refractivity contribution in [3.63, 3.8) is 0 Å². The molecule has 0 aliphatic carbocycles. The van der Waals surface area contributed by atoms with E-state index in [0.29, 0.717) is 6.42 Å². The number of benzene rings is 1. The van der Waals surface area contributed by atoms with Gasteiger partial charge in [0.05, 0.1) is 21.7 Å². The molecule has 0 bridgehead atoms. The summed E-state index contributed by atoms with van der Waals surface area (Å²) in [5.41, 5.74) is -1.61. The Morgan fingerprint density at radius 3 is 2.45 bits per heavy atom. The smallest absolute Gasteiger partial charge is 0.344 e.